The van der Waals surface area contributed by atoms with E-state index >= 15 is 0 Å². The van der Waals surface area contributed by atoms with Crippen LogP contribution in [0.1, 0.15) is 25.1 Å². The maximum atomic E-state index is 13.2. The van der Waals surface area contributed by atoms with Crippen molar-refractivity contribution in [1.29, 1.82) is 0 Å². The Morgan fingerprint density at radius 3 is 2.46 bits per heavy atom. The van der Waals surface area contributed by atoms with Crippen LogP contribution in [-0.2, 0) is 5.41 Å². The summed E-state index contributed by atoms with van der Waals surface area (Å²) >= 11 is 6.28. The van der Waals surface area contributed by atoms with Crippen LogP contribution in [0.25, 0.3) is 5.69 Å². The van der Waals surface area contributed by atoms with Gasteiger partial charge in [-0.15, -0.1) is 0 Å². The summed E-state index contributed by atoms with van der Waals surface area (Å²) in [4.78, 5) is 4.28. The van der Waals surface area contributed by atoms with E-state index < -0.39 is 0 Å². The Morgan fingerprint density at radius 1 is 1.12 bits per heavy atom. The maximum Gasteiger partial charge on any atom is 0.137 e. The number of ether oxygens (including phenoxy) is 1. The zero-order chi connectivity index (χ0) is 17.3. The lowest BCUT2D eigenvalue weighted by Crippen LogP contribution is -2.22. The molecular weight excluding hydrogens is 327 g/mol. The number of aromatic nitrogens is 2. The van der Waals surface area contributed by atoms with E-state index in [4.69, 9.17) is 16.3 Å². The van der Waals surface area contributed by atoms with Crippen LogP contribution in [-0.4, -0.2) is 16.7 Å². The number of halogens is 2. The molecule has 3 rings (SSSR count). The third-order valence-electron chi connectivity index (χ3n) is 4.26. The summed E-state index contributed by atoms with van der Waals surface area (Å²) in [5.41, 5.74) is 2.53. The average Bonchev–Trinajstić information content (AvgIpc) is 3.06. The Kier molecular flexibility index (Phi) is 4.33. The minimum Gasteiger partial charge on any atom is -0.495 e. The first-order valence-electron chi connectivity index (χ1n) is 7.56. The van der Waals surface area contributed by atoms with Crippen LogP contribution in [0.5, 0.6) is 5.75 Å². The fraction of sp³-hybridized carbons (Fsp3) is 0.211. The molecule has 0 aliphatic heterocycles. The van der Waals surface area contributed by atoms with Crippen LogP contribution in [0, 0.1) is 5.82 Å². The van der Waals surface area contributed by atoms with Crippen molar-refractivity contribution in [2.45, 2.75) is 19.3 Å². The SMILES string of the molecule is COc1ccc(C(C)(C)c2cncn2-c2ccc(F)cc2)cc1Cl. The van der Waals surface area contributed by atoms with E-state index in [1.165, 1.54) is 12.1 Å². The van der Waals surface area contributed by atoms with Crippen LogP contribution in [0.3, 0.4) is 0 Å². The van der Waals surface area contributed by atoms with Crippen molar-refractivity contribution in [2.75, 3.05) is 7.11 Å². The molecule has 0 aliphatic carbocycles. The smallest absolute Gasteiger partial charge is 0.137 e. The second-order valence-electron chi connectivity index (χ2n) is 6.10. The first-order chi connectivity index (χ1) is 11.4. The van der Waals surface area contributed by atoms with Gasteiger partial charge in [0.15, 0.2) is 0 Å². The van der Waals surface area contributed by atoms with Crippen molar-refractivity contribution in [3.63, 3.8) is 0 Å². The second kappa shape index (κ2) is 6.29. The molecule has 124 valence electrons. The van der Waals surface area contributed by atoms with Crippen LogP contribution in [0.4, 0.5) is 4.39 Å². The molecule has 2 aromatic carbocycles. The molecule has 24 heavy (non-hydrogen) atoms. The highest BCUT2D eigenvalue weighted by molar-refractivity contribution is 6.32. The zero-order valence-corrected chi connectivity index (χ0v) is 14.5. The van der Waals surface area contributed by atoms with Gasteiger partial charge in [-0.1, -0.05) is 31.5 Å². The van der Waals surface area contributed by atoms with E-state index in [2.05, 4.69) is 18.8 Å². The minimum atomic E-state index is -0.346. The number of methoxy groups -OCH3 is 1. The first-order valence-corrected chi connectivity index (χ1v) is 7.94. The normalized spacial score (nSPS) is 11.5. The van der Waals surface area contributed by atoms with Crippen LogP contribution in [0.2, 0.25) is 5.02 Å². The summed E-state index contributed by atoms with van der Waals surface area (Å²) in [6, 6.07) is 12.1. The molecule has 3 nitrogen and oxygen atoms in total. The molecule has 0 N–H and O–H groups in total. The Balaban J connectivity index is 2.06. The van der Waals surface area contributed by atoms with E-state index in [1.54, 1.807) is 25.6 Å². The Hall–Kier alpha value is -2.33. The van der Waals surface area contributed by atoms with Gasteiger partial charge in [0.05, 0.1) is 24.2 Å². The Bertz CT molecular complexity index is 856. The van der Waals surface area contributed by atoms with Gasteiger partial charge in [-0.2, -0.15) is 0 Å². The van der Waals surface area contributed by atoms with Crippen molar-refractivity contribution >= 4 is 11.6 Å². The average molecular weight is 345 g/mol. The predicted molar refractivity (Wildman–Crippen MR) is 93.7 cm³/mol. The van der Waals surface area contributed by atoms with Gasteiger partial charge >= 0.3 is 0 Å². The third-order valence-corrected chi connectivity index (χ3v) is 4.55. The number of benzene rings is 2. The summed E-state index contributed by atoms with van der Waals surface area (Å²) in [5, 5.41) is 0.566. The molecule has 0 amide bonds. The van der Waals surface area contributed by atoms with Gasteiger partial charge in [-0.05, 0) is 42.0 Å². The van der Waals surface area contributed by atoms with Crippen molar-refractivity contribution in [1.82, 2.24) is 9.55 Å². The zero-order valence-electron chi connectivity index (χ0n) is 13.8. The molecular formula is C19H18ClFN2O. The molecule has 1 aromatic heterocycles. The van der Waals surface area contributed by atoms with E-state index in [9.17, 15) is 4.39 Å². The molecule has 0 aliphatic rings. The fourth-order valence-electron chi connectivity index (χ4n) is 2.77. The lowest BCUT2D eigenvalue weighted by atomic mass is 9.81. The number of nitrogens with zero attached hydrogens (tertiary/aromatic N) is 2. The molecule has 0 saturated heterocycles. The molecule has 0 bridgehead atoms. The second-order valence-corrected chi connectivity index (χ2v) is 6.51. The summed E-state index contributed by atoms with van der Waals surface area (Å²) in [5.74, 6) is 0.380. The molecule has 1 heterocycles. The number of rotatable bonds is 4. The Morgan fingerprint density at radius 2 is 1.83 bits per heavy atom. The number of imidazole rings is 1. The van der Waals surface area contributed by atoms with Crippen molar-refractivity contribution < 1.29 is 9.13 Å². The number of hydrogen-bond acceptors (Lipinski definition) is 2. The lowest BCUT2D eigenvalue weighted by molar-refractivity contribution is 0.414. The van der Waals surface area contributed by atoms with Crippen LogP contribution in [0.15, 0.2) is 55.0 Å². The molecule has 0 fully saturated rings. The summed E-state index contributed by atoms with van der Waals surface area (Å²) in [6.07, 6.45) is 3.55. The van der Waals surface area contributed by atoms with E-state index in [0.29, 0.717) is 10.8 Å². The monoisotopic (exact) mass is 344 g/mol. The Labute approximate surface area is 145 Å². The van der Waals surface area contributed by atoms with E-state index in [1.807, 2.05) is 29.0 Å². The van der Waals surface area contributed by atoms with E-state index in [0.717, 1.165) is 16.9 Å². The lowest BCUT2D eigenvalue weighted by Gasteiger charge is -2.27. The molecule has 3 aromatic rings. The third kappa shape index (κ3) is 2.89. The molecule has 0 spiro atoms. The van der Waals surface area contributed by atoms with Gasteiger partial charge in [0.1, 0.15) is 11.6 Å². The standard InChI is InChI=1S/C19H18ClFN2O/c1-19(2,13-4-9-17(24-3)16(20)10-13)18-11-22-12-23(18)15-7-5-14(21)6-8-15/h4-12H,1-3H3. The van der Waals surface area contributed by atoms with Crippen molar-refractivity contribution in [3.05, 3.63) is 77.1 Å². The molecule has 0 unspecified atom stereocenters. The molecule has 0 radical (unpaired) electrons. The largest absolute Gasteiger partial charge is 0.495 e. The summed E-state index contributed by atoms with van der Waals surface area (Å²) in [7, 11) is 1.59. The minimum absolute atomic E-state index is 0.262. The summed E-state index contributed by atoms with van der Waals surface area (Å²) < 4.78 is 20.4. The van der Waals surface area contributed by atoms with Gasteiger partial charge in [0, 0.05) is 17.3 Å². The molecule has 5 heteroatoms. The topological polar surface area (TPSA) is 27.1 Å². The fourth-order valence-corrected chi connectivity index (χ4v) is 3.03. The van der Waals surface area contributed by atoms with Gasteiger partial charge in [-0.3, -0.25) is 0 Å². The van der Waals surface area contributed by atoms with Gasteiger partial charge in [0.25, 0.3) is 0 Å². The van der Waals surface area contributed by atoms with Gasteiger partial charge in [-0.25, -0.2) is 9.37 Å². The molecule has 0 saturated carbocycles. The number of hydrogen-bond donors (Lipinski definition) is 0. The first kappa shape index (κ1) is 16.5. The highest BCUT2D eigenvalue weighted by Gasteiger charge is 2.28. The quantitative estimate of drug-likeness (QED) is 0.666. The van der Waals surface area contributed by atoms with Gasteiger partial charge in [0.2, 0.25) is 0 Å². The van der Waals surface area contributed by atoms with Crippen molar-refractivity contribution in [3.8, 4) is 11.4 Å². The highest BCUT2D eigenvalue weighted by atomic mass is 35.5. The summed E-state index contributed by atoms with van der Waals surface area (Å²) in [6.45, 7) is 4.20. The van der Waals surface area contributed by atoms with E-state index in [-0.39, 0.29) is 11.2 Å². The molecule has 0 atom stereocenters. The van der Waals surface area contributed by atoms with Crippen LogP contribution < -0.4 is 4.74 Å². The van der Waals surface area contributed by atoms with Crippen molar-refractivity contribution in [2.24, 2.45) is 0 Å². The maximum absolute atomic E-state index is 13.2. The van der Waals surface area contributed by atoms with Gasteiger partial charge < -0.3 is 9.30 Å². The van der Waals surface area contributed by atoms with Crippen LogP contribution >= 0.6 is 11.6 Å². The highest BCUT2D eigenvalue weighted by Crippen LogP contribution is 2.36. The predicted octanol–water partition coefficient (Wildman–Crippen LogP) is 5.00.